The molecule has 0 saturated carbocycles. The van der Waals surface area contributed by atoms with Gasteiger partial charge in [0.05, 0.1) is 18.2 Å². The van der Waals surface area contributed by atoms with E-state index in [4.69, 9.17) is 4.74 Å². The van der Waals surface area contributed by atoms with Crippen LogP contribution in [0.2, 0.25) is 0 Å². The van der Waals surface area contributed by atoms with Crippen LogP contribution in [-0.4, -0.2) is 24.7 Å². The van der Waals surface area contributed by atoms with E-state index in [0.717, 1.165) is 9.65 Å². The Morgan fingerprint density at radius 1 is 1.35 bits per heavy atom. The standard InChI is InChI=1S/C11H12N2O3S/c1-9-8-10(4-5-11(9)16-2)17(14,15)13-7-3-6-12-13/h3-8H,1-2H3. The first-order valence-corrected chi connectivity index (χ1v) is 6.39. The largest absolute Gasteiger partial charge is 0.496 e. The first-order chi connectivity index (χ1) is 8.05. The maximum absolute atomic E-state index is 12.1. The Bertz CT molecular complexity index is 618. The highest BCUT2D eigenvalue weighted by atomic mass is 32.2. The molecule has 90 valence electrons. The van der Waals surface area contributed by atoms with Crippen LogP contribution in [0.25, 0.3) is 0 Å². The third-order valence-electron chi connectivity index (χ3n) is 2.39. The van der Waals surface area contributed by atoms with E-state index in [-0.39, 0.29) is 4.90 Å². The van der Waals surface area contributed by atoms with Gasteiger partial charge >= 0.3 is 0 Å². The number of rotatable bonds is 3. The number of hydrogen-bond acceptors (Lipinski definition) is 4. The van der Waals surface area contributed by atoms with Crippen LogP contribution < -0.4 is 4.74 Å². The molecule has 2 rings (SSSR count). The summed E-state index contributed by atoms with van der Waals surface area (Å²) in [5, 5.41) is 3.73. The van der Waals surface area contributed by atoms with Crippen LogP contribution in [0.15, 0.2) is 41.6 Å². The predicted octanol–water partition coefficient (Wildman–Crippen LogP) is 1.44. The molecule has 0 aliphatic rings. The van der Waals surface area contributed by atoms with Crippen molar-refractivity contribution >= 4 is 10.0 Å². The average molecular weight is 252 g/mol. The SMILES string of the molecule is COc1ccc(S(=O)(=O)n2cccn2)cc1C. The summed E-state index contributed by atoms with van der Waals surface area (Å²) in [4.78, 5) is 0.194. The summed E-state index contributed by atoms with van der Waals surface area (Å²) in [5.74, 6) is 0.657. The Balaban J connectivity index is 2.52. The number of aromatic nitrogens is 2. The minimum atomic E-state index is -3.59. The molecule has 1 aromatic heterocycles. The fraction of sp³-hybridized carbons (Fsp3) is 0.182. The lowest BCUT2D eigenvalue weighted by molar-refractivity contribution is 0.411. The van der Waals surface area contributed by atoms with Gasteiger partial charge in [0.25, 0.3) is 10.0 Å². The smallest absolute Gasteiger partial charge is 0.282 e. The summed E-state index contributed by atoms with van der Waals surface area (Å²) in [5.41, 5.74) is 0.765. The molecule has 0 atom stereocenters. The monoisotopic (exact) mass is 252 g/mol. The molecule has 0 aliphatic heterocycles. The molecule has 5 nitrogen and oxygen atoms in total. The number of methoxy groups -OCH3 is 1. The minimum absolute atomic E-state index is 0.194. The van der Waals surface area contributed by atoms with Crippen LogP contribution in [0.1, 0.15) is 5.56 Å². The van der Waals surface area contributed by atoms with Crippen molar-refractivity contribution in [3.63, 3.8) is 0 Å². The van der Waals surface area contributed by atoms with Crippen LogP contribution in [0, 0.1) is 6.92 Å². The van der Waals surface area contributed by atoms with Crippen molar-refractivity contribution in [2.24, 2.45) is 0 Å². The topological polar surface area (TPSA) is 61.2 Å². The molecule has 0 amide bonds. The Hall–Kier alpha value is -1.82. The number of aryl methyl sites for hydroxylation is 1. The third-order valence-corrected chi connectivity index (χ3v) is 3.95. The molecule has 0 bridgehead atoms. The molecule has 17 heavy (non-hydrogen) atoms. The quantitative estimate of drug-likeness (QED) is 0.829. The Labute approximate surface area is 99.7 Å². The lowest BCUT2D eigenvalue weighted by Gasteiger charge is -2.08. The predicted molar refractivity (Wildman–Crippen MR) is 62.5 cm³/mol. The maximum Gasteiger partial charge on any atom is 0.282 e. The van der Waals surface area contributed by atoms with Crippen molar-refractivity contribution in [1.29, 1.82) is 0 Å². The molecule has 0 spiro atoms. The van der Waals surface area contributed by atoms with Crippen LogP contribution in [0.3, 0.4) is 0 Å². The first kappa shape index (κ1) is 11.7. The van der Waals surface area contributed by atoms with Crippen molar-refractivity contribution in [3.05, 3.63) is 42.2 Å². The van der Waals surface area contributed by atoms with E-state index in [2.05, 4.69) is 5.10 Å². The molecule has 0 unspecified atom stereocenters. The van der Waals surface area contributed by atoms with Crippen LogP contribution >= 0.6 is 0 Å². The van der Waals surface area contributed by atoms with Gasteiger partial charge in [0, 0.05) is 6.20 Å². The number of ether oxygens (including phenoxy) is 1. The third kappa shape index (κ3) is 2.03. The van der Waals surface area contributed by atoms with Gasteiger partial charge in [-0.3, -0.25) is 0 Å². The molecule has 0 radical (unpaired) electrons. The normalized spacial score (nSPS) is 11.4. The van der Waals surface area contributed by atoms with Gasteiger partial charge in [-0.2, -0.15) is 17.6 Å². The highest BCUT2D eigenvalue weighted by Crippen LogP contribution is 2.22. The second-order valence-corrected chi connectivity index (χ2v) is 5.31. The summed E-state index contributed by atoms with van der Waals surface area (Å²) in [6.45, 7) is 1.79. The maximum atomic E-state index is 12.1. The highest BCUT2D eigenvalue weighted by molar-refractivity contribution is 7.89. The van der Waals surface area contributed by atoms with Crippen LogP contribution in [-0.2, 0) is 10.0 Å². The van der Waals surface area contributed by atoms with Crippen LogP contribution in [0.4, 0.5) is 0 Å². The number of benzene rings is 1. The van der Waals surface area contributed by atoms with Gasteiger partial charge in [0.1, 0.15) is 5.75 Å². The van der Waals surface area contributed by atoms with Crippen molar-refractivity contribution in [2.75, 3.05) is 7.11 Å². The van der Waals surface area contributed by atoms with Gasteiger partial charge < -0.3 is 4.74 Å². The van der Waals surface area contributed by atoms with Gasteiger partial charge in [0.2, 0.25) is 0 Å². The molecule has 1 aromatic carbocycles. The van der Waals surface area contributed by atoms with E-state index in [1.165, 1.54) is 18.5 Å². The van der Waals surface area contributed by atoms with Gasteiger partial charge in [-0.1, -0.05) is 0 Å². The van der Waals surface area contributed by atoms with Gasteiger partial charge in [-0.15, -0.1) is 0 Å². The van der Waals surface area contributed by atoms with Crippen LogP contribution in [0.5, 0.6) is 5.75 Å². The molecule has 2 aromatic rings. The summed E-state index contributed by atoms with van der Waals surface area (Å²) in [7, 11) is -2.05. The molecule has 0 saturated heterocycles. The lowest BCUT2D eigenvalue weighted by Crippen LogP contribution is -2.13. The van der Waals surface area contributed by atoms with Crippen molar-refractivity contribution in [3.8, 4) is 5.75 Å². The van der Waals surface area contributed by atoms with Crippen molar-refractivity contribution < 1.29 is 13.2 Å². The van der Waals surface area contributed by atoms with Crippen molar-refractivity contribution in [2.45, 2.75) is 11.8 Å². The first-order valence-electron chi connectivity index (χ1n) is 4.95. The Morgan fingerprint density at radius 3 is 2.65 bits per heavy atom. The molecule has 0 N–H and O–H groups in total. The number of nitrogens with zero attached hydrogens (tertiary/aromatic N) is 2. The summed E-state index contributed by atoms with van der Waals surface area (Å²) in [6, 6.07) is 6.26. The second kappa shape index (κ2) is 4.21. The summed E-state index contributed by atoms with van der Waals surface area (Å²) in [6.07, 6.45) is 2.82. The van der Waals surface area contributed by atoms with Gasteiger partial charge in [-0.25, -0.2) is 0 Å². The molecule has 1 heterocycles. The summed E-state index contributed by atoms with van der Waals surface area (Å²) < 4.78 is 30.2. The highest BCUT2D eigenvalue weighted by Gasteiger charge is 2.17. The van der Waals surface area contributed by atoms with E-state index in [1.807, 2.05) is 0 Å². The van der Waals surface area contributed by atoms with E-state index >= 15 is 0 Å². The lowest BCUT2D eigenvalue weighted by atomic mass is 10.2. The fourth-order valence-electron chi connectivity index (χ4n) is 1.52. The molecule has 0 fully saturated rings. The van der Waals surface area contributed by atoms with Crippen molar-refractivity contribution in [1.82, 2.24) is 9.19 Å². The van der Waals surface area contributed by atoms with E-state index < -0.39 is 10.0 Å². The van der Waals surface area contributed by atoms with E-state index in [1.54, 1.807) is 32.2 Å². The summed E-state index contributed by atoms with van der Waals surface area (Å²) >= 11 is 0. The fourth-order valence-corrected chi connectivity index (χ4v) is 2.71. The zero-order valence-electron chi connectivity index (χ0n) is 9.49. The van der Waals surface area contributed by atoms with E-state index in [0.29, 0.717) is 5.75 Å². The second-order valence-electron chi connectivity index (χ2n) is 3.52. The minimum Gasteiger partial charge on any atom is -0.496 e. The Morgan fingerprint density at radius 2 is 2.12 bits per heavy atom. The average Bonchev–Trinajstić information content (AvgIpc) is 2.83. The number of hydrogen-bond donors (Lipinski definition) is 0. The zero-order valence-corrected chi connectivity index (χ0v) is 10.3. The van der Waals surface area contributed by atoms with E-state index in [9.17, 15) is 8.42 Å². The molecule has 0 aliphatic carbocycles. The van der Waals surface area contributed by atoms with Gasteiger partial charge in [-0.05, 0) is 36.8 Å². The zero-order chi connectivity index (χ0) is 12.5. The molecule has 6 heteroatoms. The molecular formula is C11H12N2O3S. The Kier molecular flexibility index (Phi) is 2.89. The molecular weight excluding hydrogens is 240 g/mol. The van der Waals surface area contributed by atoms with Gasteiger partial charge in [0.15, 0.2) is 0 Å².